The lowest BCUT2D eigenvalue weighted by Gasteiger charge is -2.21. The molecular weight excluding hydrogens is 413 g/mol. The van der Waals surface area contributed by atoms with Gasteiger partial charge in [-0.3, -0.25) is 4.79 Å². The van der Waals surface area contributed by atoms with Gasteiger partial charge in [0.05, 0.1) is 18.9 Å². The Hall–Kier alpha value is -1.36. The number of rotatable bonds is 8. The smallest absolute Gasteiger partial charge is 0.230 e. The quantitative estimate of drug-likeness (QED) is 0.506. The molecule has 28 heavy (non-hydrogen) atoms. The second kappa shape index (κ2) is 10.4. The molecule has 0 aliphatic heterocycles. The fraction of sp³-hybridized carbons (Fsp3) is 0.409. The van der Waals surface area contributed by atoms with Gasteiger partial charge in [-0.15, -0.1) is 11.8 Å². The van der Waals surface area contributed by atoms with E-state index in [2.05, 4.69) is 25.2 Å². The molecule has 0 bridgehead atoms. The normalized spacial score (nSPS) is 12.1. The molecule has 0 heterocycles. The first-order valence-electron chi connectivity index (χ1n) is 9.22. The maximum Gasteiger partial charge on any atom is 0.230 e. The van der Waals surface area contributed by atoms with Crippen LogP contribution in [0.4, 0.5) is 0 Å². The second-order valence-electron chi connectivity index (χ2n) is 7.12. The van der Waals surface area contributed by atoms with Crippen molar-refractivity contribution in [3.8, 4) is 5.75 Å². The van der Waals surface area contributed by atoms with Crippen LogP contribution in [-0.2, 0) is 10.5 Å². The second-order valence-corrected chi connectivity index (χ2v) is 8.95. The number of methoxy groups -OCH3 is 1. The molecule has 2 rings (SSSR count). The Morgan fingerprint density at radius 1 is 1.14 bits per heavy atom. The predicted molar refractivity (Wildman–Crippen MR) is 121 cm³/mol. The van der Waals surface area contributed by atoms with Crippen LogP contribution in [0.15, 0.2) is 30.3 Å². The summed E-state index contributed by atoms with van der Waals surface area (Å²) in [5, 5.41) is 4.34. The van der Waals surface area contributed by atoms with Crippen molar-refractivity contribution in [1.29, 1.82) is 0 Å². The minimum Gasteiger partial charge on any atom is -0.496 e. The van der Waals surface area contributed by atoms with E-state index in [-0.39, 0.29) is 11.9 Å². The maximum atomic E-state index is 12.4. The van der Waals surface area contributed by atoms with Crippen LogP contribution in [0.25, 0.3) is 0 Å². The Kier molecular flexibility index (Phi) is 8.54. The van der Waals surface area contributed by atoms with Crippen molar-refractivity contribution in [2.24, 2.45) is 0 Å². The number of amides is 1. The van der Waals surface area contributed by atoms with Crippen molar-refractivity contribution in [3.63, 3.8) is 0 Å². The van der Waals surface area contributed by atoms with Crippen LogP contribution in [0.2, 0.25) is 10.0 Å². The Morgan fingerprint density at radius 3 is 2.46 bits per heavy atom. The van der Waals surface area contributed by atoms with Gasteiger partial charge in [0.25, 0.3) is 0 Å². The van der Waals surface area contributed by atoms with Crippen molar-refractivity contribution in [2.75, 3.05) is 12.9 Å². The molecule has 0 aliphatic rings. The third-order valence-electron chi connectivity index (χ3n) is 4.59. The summed E-state index contributed by atoms with van der Waals surface area (Å²) in [5.41, 5.74) is 4.35. The van der Waals surface area contributed by atoms with Crippen LogP contribution in [-0.4, -0.2) is 18.8 Å². The zero-order chi connectivity index (χ0) is 20.8. The van der Waals surface area contributed by atoms with Crippen molar-refractivity contribution >= 4 is 40.9 Å². The van der Waals surface area contributed by atoms with Gasteiger partial charge in [-0.2, -0.15) is 0 Å². The molecule has 6 heteroatoms. The van der Waals surface area contributed by atoms with E-state index in [1.54, 1.807) is 13.2 Å². The largest absolute Gasteiger partial charge is 0.496 e. The summed E-state index contributed by atoms with van der Waals surface area (Å²) in [6, 6.07) is 9.54. The monoisotopic (exact) mass is 439 g/mol. The number of carbonyl (C=O) groups excluding carboxylic acids is 1. The molecule has 0 aliphatic carbocycles. The Labute approximate surface area is 182 Å². The van der Waals surface area contributed by atoms with Crippen LogP contribution in [0.1, 0.15) is 55.0 Å². The summed E-state index contributed by atoms with van der Waals surface area (Å²) < 4.78 is 5.51. The average molecular weight is 440 g/mol. The number of carbonyl (C=O) groups is 1. The minimum absolute atomic E-state index is 0.00361. The van der Waals surface area contributed by atoms with Crippen molar-refractivity contribution in [1.82, 2.24) is 5.32 Å². The summed E-state index contributed by atoms with van der Waals surface area (Å²) in [4.78, 5) is 12.4. The molecule has 0 radical (unpaired) electrons. The van der Waals surface area contributed by atoms with Gasteiger partial charge in [0.1, 0.15) is 5.75 Å². The Bertz CT molecular complexity index is 840. The molecule has 0 saturated carbocycles. The molecule has 2 aromatic rings. The maximum absolute atomic E-state index is 12.4. The molecule has 3 nitrogen and oxygen atoms in total. The molecule has 152 valence electrons. The number of aryl methyl sites for hydroxylation is 1. The third-order valence-corrected chi connectivity index (χ3v) is 6.16. The van der Waals surface area contributed by atoms with E-state index in [0.717, 1.165) is 28.0 Å². The zero-order valence-corrected chi connectivity index (χ0v) is 19.3. The molecule has 0 aromatic heterocycles. The summed E-state index contributed by atoms with van der Waals surface area (Å²) in [7, 11) is 1.69. The fourth-order valence-corrected chi connectivity index (χ4v) is 4.46. The van der Waals surface area contributed by atoms with E-state index >= 15 is 0 Å². The van der Waals surface area contributed by atoms with Gasteiger partial charge < -0.3 is 10.1 Å². The first-order chi connectivity index (χ1) is 13.2. The standard InChI is InChI=1S/C22H27Cl2NO2S/c1-13(2)18-10-19(14(3)8-21(18)27-5)15(4)25-22(26)12-28-11-16-6-7-17(23)9-20(16)24/h6-10,13,15H,11-12H2,1-5H3,(H,25,26)/t15-/m0/s1. The number of ether oxygens (including phenoxy) is 1. The Morgan fingerprint density at radius 2 is 1.86 bits per heavy atom. The first-order valence-corrected chi connectivity index (χ1v) is 11.1. The lowest BCUT2D eigenvalue weighted by atomic mass is 9.93. The van der Waals surface area contributed by atoms with Crippen molar-refractivity contribution in [2.45, 2.75) is 45.4 Å². The molecule has 1 atom stereocenters. The van der Waals surface area contributed by atoms with Gasteiger partial charge in [0.15, 0.2) is 0 Å². The summed E-state index contributed by atoms with van der Waals surface area (Å²) in [6.45, 7) is 8.33. The lowest BCUT2D eigenvalue weighted by molar-refractivity contribution is -0.119. The van der Waals surface area contributed by atoms with E-state index in [1.165, 1.54) is 11.8 Å². The number of hydrogen-bond acceptors (Lipinski definition) is 3. The van der Waals surface area contributed by atoms with Crippen molar-refractivity contribution in [3.05, 3.63) is 62.6 Å². The molecular formula is C22H27Cl2NO2S. The molecule has 0 saturated heterocycles. The fourth-order valence-electron chi connectivity index (χ4n) is 3.06. The van der Waals surface area contributed by atoms with Gasteiger partial charge in [0, 0.05) is 15.8 Å². The highest BCUT2D eigenvalue weighted by atomic mass is 35.5. The van der Waals surface area contributed by atoms with Gasteiger partial charge in [-0.25, -0.2) is 0 Å². The molecule has 0 spiro atoms. The average Bonchev–Trinajstić information content (AvgIpc) is 2.62. The molecule has 1 amide bonds. The first kappa shape index (κ1) is 22.9. The molecule has 2 aromatic carbocycles. The highest BCUT2D eigenvalue weighted by Crippen LogP contribution is 2.32. The number of hydrogen-bond donors (Lipinski definition) is 1. The van der Waals surface area contributed by atoms with Gasteiger partial charge in [-0.1, -0.05) is 43.1 Å². The summed E-state index contributed by atoms with van der Waals surface area (Å²) >= 11 is 13.6. The van der Waals surface area contributed by atoms with Gasteiger partial charge in [-0.05, 0) is 66.3 Å². The van der Waals surface area contributed by atoms with Crippen LogP contribution < -0.4 is 10.1 Å². The lowest BCUT2D eigenvalue weighted by Crippen LogP contribution is -2.28. The van der Waals surface area contributed by atoms with Crippen LogP contribution in [0.3, 0.4) is 0 Å². The van der Waals surface area contributed by atoms with E-state index < -0.39 is 0 Å². The minimum atomic E-state index is -0.0735. The van der Waals surface area contributed by atoms with E-state index in [0.29, 0.717) is 27.5 Å². The SMILES string of the molecule is COc1cc(C)c([C@H](C)NC(=O)CSCc2ccc(Cl)cc2Cl)cc1C(C)C. The topological polar surface area (TPSA) is 38.3 Å². The van der Waals surface area contributed by atoms with Crippen LogP contribution in [0, 0.1) is 6.92 Å². The van der Waals surface area contributed by atoms with Crippen LogP contribution >= 0.6 is 35.0 Å². The van der Waals surface area contributed by atoms with E-state index in [1.807, 2.05) is 32.0 Å². The van der Waals surface area contributed by atoms with Crippen LogP contribution in [0.5, 0.6) is 5.75 Å². The molecule has 0 unspecified atom stereocenters. The highest BCUT2D eigenvalue weighted by Gasteiger charge is 2.17. The number of halogens is 2. The Balaban J connectivity index is 1.97. The van der Waals surface area contributed by atoms with Crippen molar-refractivity contribution < 1.29 is 9.53 Å². The third kappa shape index (κ3) is 6.07. The number of benzene rings is 2. The van der Waals surface area contributed by atoms with Gasteiger partial charge in [0.2, 0.25) is 5.91 Å². The molecule has 0 fully saturated rings. The number of nitrogens with one attached hydrogen (secondary N) is 1. The number of thioether (sulfide) groups is 1. The highest BCUT2D eigenvalue weighted by molar-refractivity contribution is 7.99. The summed E-state index contributed by atoms with van der Waals surface area (Å²) in [6.07, 6.45) is 0. The zero-order valence-electron chi connectivity index (χ0n) is 16.9. The van der Waals surface area contributed by atoms with E-state index in [4.69, 9.17) is 27.9 Å². The predicted octanol–water partition coefficient (Wildman–Crippen LogP) is 6.54. The van der Waals surface area contributed by atoms with Gasteiger partial charge >= 0.3 is 0 Å². The van der Waals surface area contributed by atoms with E-state index in [9.17, 15) is 4.79 Å². The summed E-state index contributed by atoms with van der Waals surface area (Å²) in [5.74, 6) is 2.28. The molecule has 1 N–H and O–H groups in total.